The summed E-state index contributed by atoms with van der Waals surface area (Å²) in [4.78, 5) is 0. The van der Waals surface area contributed by atoms with Crippen molar-refractivity contribution >= 4 is 15.9 Å². The molecule has 0 atom stereocenters. The highest BCUT2D eigenvalue weighted by Crippen LogP contribution is 2.22. The van der Waals surface area contributed by atoms with E-state index in [9.17, 15) is 0 Å². The van der Waals surface area contributed by atoms with Crippen LogP contribution in [0.2, 0.25) is 0 Å². The highest BCUT2D eigenvalue weighted by atomic mass is 79.9. The molecule has 0 heterocycles. The summed E-state index contributed by atoms with van der Waals surface area (Å²) in [5.41, 5.74) is 2.26. The lowest BCUT2D eigenvalue weighted by atomic mass is 10.1. The van der Waals surface area contributed by atoms with Gasteiger partial charge in [-0.15, -0.1) is 0 Å². The summed E-state index contributed by atoms with van der Waals surface area (Å²) in [5, 5.41) is 0.812. The number of rotatable bonds is 4. The summed E-state index contributed by atoms with van der Waals surface area (Å²) in [6.07, 6.45) is -0.270. The molecule has 0 amide bonds. The molecule has 0 unspecified atom stereocenters. The second kappa shape index (κ2) is 5.37. The molecule has 0 bridgehead atoms. The summed E-state index contributed by atoms with van der Waals surface area (Å²) in [6.45, 7) is 0. The van der Waals surface area contributed by atoms with Crippen LogP contribution in [-0.4, -0.2) is 14.2 Å². The van der Waals surface area contributed by atoms with Crippen molar-refractivity contribution in [3.05, 3.63) is 35.4 Å². The molecule has 72 valence electrons. The van der Waals surface area contributed by atoms with Crippen LogP contribution in [0, 0.1) is 0 Å². The minimum atomic E-state index is -0.270. The second-order valence-electron chi connectivity index (χ2n) is 2.64. The van der Waals surface area contributed by atoms with E-state index >= 15 is 0 Å². The van der Waals surface area contributed by atoms with E-state index in [0.29, 0.717) is 0 Å². The van der Waals surface area contributed by atoms with Gasteiger partial charge in [-0.25, -0.2) is 0 Å². The van der Waals surface area contributed by atoms with E-state index < -0.39 is 0 Å². The summed E-state index contributed by atoms with van der Waals surface area (Å²) >= 11 is 3.42. The second-order valence-corrected chi connectivity index (χ2v) is 3.20. The van der Waals surface area contributed by atoms with Crippen LogP contribution in [-0.2, 0) is 14.8 Å². The fourth-order valence-electron chi connectivity index (χ4n) is 1.24. The molecule has 0 aliphatic carbocycles. The molecule has 0 aliphatic heterocycles. The van der Waals surface area contributed by atoms with Crippen LogP contribution in [0.15, 0.2) is 24.3 Å². The van der Waals surface area contributed by atoms with Crippen molar-refractivity contribution < 1.29 is 9.47 Å². The van der Waals surface area contributed by atoms with E-state index in [4.69, 9.17) is 9.47 Å². The van der Waals surface area contributed by atoms with Gasteiger partial charge in [-0.05, 0) is 5.56 Å². The van der Waals surface area contributed by atoms with Crippen LogP contribution in [0.25, 0.3) is 0 Å². The number of hydrogen-bond donors (Lipinski definition) is 0. The normalized spacial score (nSPS) is 10.8. The number of ether oxygens (including phenoxy) is 2. The average molecular weight is 245 g/mol. The Morgan fingerprint density at radius 1 is 1.23 bits per heavy atom. The summed E-state index contributed by atoms with van der Waals surface area (Å²) in [7, 11) is 3.28. The topological polar surface area (TPSA) is 18.5 Å². The molecule has 0 spiro atoms. The quantitative estimate of drug-likeness (QED) is 0.599. The predicted molar refractivity (Wildman–Crippen MR) is 55.8 cm³/mol. The minimum Gasteiger partial charge on any atom is -0.352 e. The van der Waals surface area contributed by atoms with E-state index in [2.05, 4.69) is 22.0 Å². The van der Waals surface area contributed by atoms with Gasteiger partial charge in [0.15, 0.2) is 6.29 Å². The Kier molecular flexibility index (Phi) is 4.42. The molecule has 3 heteroatoms. The highest BCUT2D eigenvalue weighted by Gasteiger charge is 2.11. The summed E-state index contributed by atoms with van der Waals surface area (Å²) in [6, 6.07) is 8.04. The van der Waals surface area contributed by atoms with Gasteiger partial charge in [0.05, 0.1) is 0 Å². The zero-order chi connectivity index (χ0) is 9.68. The van der Waals surface area contributed by atoms with Crippen molar-refractivity contribution in [1.82, 2.24) is 0 Å². The molecule has 0 fully saturated rings. The van der Waals surface area contributed by atoms with E-state index in [-0.39, 0.29) is 6.29 Å². The Bertz CT molecular complexity index is 259. The van der Waals surface area contributed by atoms with Crippen molar-refractivity contribution in [2.24, 2.45) is 0 Å². The molecule has 1 aromatic rings. The first kappa shape index (κ1) is 10.7. The van der Waals surface area contributed by atoms with Crippen LogP contribution in [0.3, 0.4) is 0 Å². The van der Waals surface area contributed by atoms with Crippen LogP contribution in [0.5, 0.6) is 0 Å². The van der Waals surface area contributed by atoms with E-state index in [1.54, 1.807) is 14.2 Å². The fourth-order valence-corrected chi connectivity index (χ4v) is 1.75. The SMILES string of the molecule is COC(OC)c1ccccc1CBr. The van der Waals surface area contributed by atoms with Gasteiger partial charge >= 0.3 is 0 Å². The molecule has 1 aromatic carbocycles. The van der Waals surface area contributed by atoms with Crippen molar-refractivity contribution in [1.29, 1.82) is 0 Å². The number of alkyl halides is 1. The molecule has 0 radical (unpaired) electrons. The maximum Gasteiger partial charge on any atom is 0.183 e. The van der Waals surface area contributed by atoms with Crippen molar-refractivity contribution in [3.8, 4) is 0 Å². The summed E-state index contributed by atoms with van der Waals surface area (Å²) in [5.74, 6) is 0. The maximum atomic E-state index is 5.18. The number of halogens is 1. The van der Waals surface area contributed by atoms with Crippen LogP contribution < -0.4 is 0 Å². The van der Waals surface area contributed by atoms with Crippen molar-refractivity contribution in [2.45, 2.75) is 11.6 Å². The lowest BCUT2D eigenvalue weighted by Crippen LogP contribution is -2.06. The van der Waals surface area contributed by atoms with Gasteiger partial charge in [-0.3, -0.25) is 0 Å². The molecule has 2 nitrogen and oxygen atoms in total. The van der Waals surface area contributed by atoms with Gasteiger partial charge in [-0.2, -0.15) is 0 Å². The Labute approximate surface area is 87.0 Å². The largest absolute Gasteiger partial charge is 0.352 e. The molecular weight excluding hydrogens is 232 g/mol. The van der Waals surface area contributed by atoms with Crippen LogP contribution >= 0.6 is 15.9 Å². The van der Waals surface area contributed by atoms with Gasteiger partial charge in [0.2, 0.25) is 0 Å². The molecule has 0 aliphatic rings. The van der Waals surface area contributed by atoms with Crippen molar-refractivity contribution in [3.63, 3.8) is 0 Å². The average Bonchev–Trinajstić information content (AvgIpc) is 2.20. The third kappa shape index (κ3) is 2.53. The zero-order valence-electron chi connectivity index (χ0n) is 7.79. The third-order valence-electron chi connectivity index (χ3n) is 1.88. The molecule has 0 saturated heterocycles. The Morgan fingerprint density at radius 2 is 1.85 bits per heavy atom. The van der Waals surface area contributed by atoms with E-state index in [1.165, 1.54) is 5.56 Å². The lowest BCUT2D eigenvalue weighted by molar-refractivity contribution is -0.106. The maximum absolute atomic E-state index is 5.18. The Balaban J connectivity index is 2.96. The summed E-state index contributed by atoms with van der Waals surface area (Å²) < 4.78 is 10.4. The highest BCUT2D eigenvalue weighted by molar-refractivity contribution is 9.08. The standard InChI is InChI=1S/C10H13BrO2/c1-12-10(13-2)9-6-4-3-5-8(9)7-11/h3-6,10H,7H2,1-2H3. The van der Waals surface area contributed by atoms with Gasteiger partial charge in [0.25, 0.3) is 0 Å². The minimum absolute atomic E-state index is 0.270. The predicted octanol–water partition coefficient (Wildman–Crippen LogP) is 2.87. The van der Waals surface area contributed by atoms with Crippen molar-refractivity contribution in [2.75, 3.05) is 14.2 Å². The molecule has 0 aromatic heterocycles. The van der Waals surface area contributed by atoms with E-state index in [0.717, 1.165) is 10.9 Å². The molecule has 0 saturated carbocycles. The number of methoxy groups -OCH3 is 2. The first-order chi connectivity index (χ1) is 6.33. The van der Waals surface area contributed by atoms with Gasteiger partial charge in [0.1, 0.15) is 0 Å². The molecule has 1 rings (SSSR count). The van der Waals surface area contributed by atoms with Gasteiger partial charge in [-0.1, -0.05) is 40.2 Å². The Hall–Kier alpha value is -0.380. The van der Waals surface area contributed by atoms with Gasteiger partial charge in [0, 0.05) is 25.1 Å². The first-order valence-corrected chi connectivity index (χ1v) is 5.15. The lowest BCUT2D eigenvalue weighted by Gasteiger charge is -2.16. The molecule has 0 N–H and O–H groups in total. The van der Waals surface area contributed by atoms with Gasteiger partial charge < -0.3 is 9.47 Å². The molecular formula is C10H13BrO2. The van der Waals surface area contributed by atoms with Crippen LogP contribution in [0.4, 0.5) is 0 Å². The van der Waals surface area contributed by atoms with Crippen LogP contribution in [0.1, 0.15) is 17.4 Å². The molecule has 13 heavy (non-hydrogen) atoms. The van der Waals surface area contributed by atoms with E-state index in [1.807, 2.05) is 18.2 Å². The smallest absolute Gasteiger partial charge is 0.183 e. The first-order valence-electron chi connectivity index (χ1n) is 4.02. The Morgan fingerprint density at radius 3 is 2.38 bits per heavy atom. The fraction of sp³-hybridized carbons (Fsp3) is 0.400. The zero-order valence-corrected chi connectivity index (χ0v) is 9.37. The third-order valence-corrected chi connectivity index (χ3v) is 2.49. The monoisotopic (exact) mass is 244 g/mol. The number of hydrogen-bond acceptors (Lipinski definition) is 2. The number of benzene rings is 1.